The number of aromatic nitrogens is 3. The number of hydrogen-bond acceptors (Lipinski definition) is 7. The Morgan fingerprint density at radius 1 is 1.12 bits per heavy atom. The first-order chi connectivity index (χ1) is 16.0. The molecule has 3 rings (SSSR count). The van der Waals surface area contributed by atoms with Crippen LogP contribution in [0.2, 0.25) is 0 Å². The van der Waals surface area contributed by atoms with Gasteiger partial charge in [0, 0.05) is 30.7 Å². The Hall–Kier alpha value is -3.78. The number of halogens is 3. The summed E-state index contributed by atoms with van der Waals surface area (Å²) in [7, 11) is -2.88. The van der Waals surface area contributed by atoms with Gasteiger partial charge in [0.05, 0.1) is 24.6 Å². The minimum absolute atomic E-state index is 0.00121. The highest BCUT2D eigenvalue weighted by atomic mass is 32.2. The van der Waals surface area contributed by atoms with Crippen LogP contribution >= 0.6 is 0 Å². The number of nitrogens with one attached hydrogen (secondary N) is 1. The topological polar surface area (TPSA) is 151 Å². The molecule has 14 heteroatoms. The van der Waals surface area contributed by atoms with E-state index in [1.165, 1.54) is 12.1 Å². The number of carboxylic acid groups (broad SMARTS) is 2. The number of rotatable bonds is 8. The summed E-state index contributed by atoms with van der Waals surface area (Å²) in [5.74, 6) is -4.98. The van der Waals surface area contributed by atoms with Crippen LogP contribution in [0.3, 0.4) is 0 Å². The van der Waals surface area contributed by atoms with Crippen molar-refractivity contribution in [3.8, 4) is 11.3 Å². The normalized spacial score (nSPS) is 10.9. The fourth-order valence-electron chi connectivity index (χ4n) is 2.68. The van der Waals surface area contributed by atoms with E-state index in [1.54, 1.807) is 7.05 Å². The van der Waals surface area contributed by atoms with E-state index in [4.69, 9.17) is 10.2 Å². The van der Waals surface area contributed by atoms with Crippen molar-refractivity contribution in [2.45, 2.75) is 24.3 Å². The van der Waals surface area contributed by atoms with Crippen molar-refractivity contribution in [3.63, 3.8) is 0 Å². The molecule has 0 aliphatic rings. The Morgan fingerprint density at radius 3 is 2.29 bits per heavy atom. The smallest absolute Gasteiger partial charge is 0.303 e. The van der Waals surface area contributed by atoms with E-state index < -0.39 is 50.1 Å². The third-order valence-electron chi connectivity index (χ3n) is 4.15. The van der Waals surface area contributed by atoms with Gasteiger partial charge in [-0.15, -0.1) is 0 Å². The zero-order chi connectivity index (χ0) is 25.5. The first-order valence-corrected chi connectivity index (χ1v) is 10.9. The molecule has 0 saturated heterocycles. The SMILES string of the molecule is CNCc1cn(S(=O)(=O)c2cncc(F)c2)c(-c2cccnc2F)c1F.O=C(O)CCC(=O)O. The van der Waals surface area contributed by atoms with Gasteiger partial charge in [-0.3, -0.25) is 14.6 Å². The number of hydrogen-bond donors (Lipinski definition) is 3. The molecule has 3 N–H and O–H groups in total. The third-order valence-corrected chi connectivity index (χ3v) is 5.78. The van der Waals surface area contributed by atoms with Crippen molar-refractivity contribution in [2.75, 3.05) is 7.05 Å². The minimum Gasteiger partial charge on any atom is -0.481 e. The molecule has 0 spiro atoms. The molecular weight excluding hydrogens is 481 g/mol. The lowest BCUT2D eigenvalue weighted by molar-refractivity contribution is -0.143. The highest BCUT2D eigenvalue weighted by Crippen LogP contribution is 2.31. The number of carboxylic acids is 2. The second-order valence-corrected chi connectivity index (χ2v) is 8.43. The largest absolute Gasteiger partial charge is 0.481 e. The Balaban J connectivity index is 0.000000440. The van der Waals surface area contributed by atoms with Crippen molar-refractivity contribution >= 4 is 22.0 Å². The molecule has 0 aromatic carbocycles. The molecule has 0 fully saturated rings. The number of nitrogens with zero attached hydrogens (tertiary/aromatic N) is 3. The van der Waals surface area contributed by atoms with E-state index in [0.29, 0.717) is 3.97 Å². The van der Waals surface area contributed by atoms with Gasteiger partial charge in [-0.1, -0.05) is 0 Å². The summed E-state index contributed by atoms with van der Waals surface area (Å²) in [6, 6.07) is 3.31. The maximum Gasteiger partial charge on any atom is 0.303 e. The zero-order valence-electron chi connectivity index (χ0n) is 17.6. The van der Waals surface area contributed by atoms with Crippen molar-refractivity contribution in [3.05, 3.63) is 66.1 Å². The van der Waals surface area contributed by atoms with Crippen molar-refractivity contribution in [1.82, 2.24) is 19.3 Å². The number of pyridine rings is 2. The zero-order valence-corrected chi connectivity index (χ0v) is 18.4. The lowest BCUT2D eigenvalue weighted by atomic mass is 10.2. The van der Waals surface area contributed by atoms with Gasteiger partial charge < -0.3 is 15.5 Å². The Kier molecular flexibility index (Phi) is 8.86. The van der Waals surface area contributed by atoms with Gasteiger partial charge in [-0.2, -0.15) is 4.39 Å². The van der Waals surface area contributed by atoms with Gasteiger partial charge in [-0.25, -0.2) is 26.2 Å². The highest BCUT2D eigenvalue weighted by Gasteiger charge is 2.28. The molecule has 0 aliphatic heterocycles. The van der Waals surface area contributed by atoms with Gasteiger partial charge in [0.1, 0.15) is 16.4 Å². The Bertz CT molecular complexity index is 1280. The molecule has 0 saturated carbocycles. The van der Waals surface area contributed by atoms with E-state index in [0.717, 1.165) is 30.9 Å². The average molecular weight is 500 g/mol. The van der Waals surface area contributed by atoms with E-state index in [1.807, 2.05) is 0 Å². The maximum absolute atomic E-state index is 14.9. The second-order valence-electron chi connectivity index (χ2n) is 6.62. The van der Waals surface area contributed by atoms with Crippen molar-refractivity contribution in [2.24, 2.45) is 0 Å². The van der Waals surface area contributed by atoms with Crippen molar-refractivity contribution < 1.29 is 41.4 Å². The second kappa shape index (κ2) is 11.4. The lowest BCUT2D eigenvalue weighted by Gasteiger charge is -2.10. The van der Waals surface area contributed by atoms with Crippen molar-refractivity contribution in [1.29, 1.82) is 0 Å². The van der Waals surface area contributed by atoms with Gasteiger partial charge >= 0.3 is 11.9 Å². The minimum atomic E-state index is -4.43. The van der Waals surface area contributed by atoms with Crippen LogP contribution in [0.4, 0.5) is 13.2 Å². The molecule has 182 valence electrons. The summed E-state index contributed by atoms with van der Waals surface area (Å²) in [6.45, 7) is 0.00460. The van der Waals surface area contributed by atoms with Gasteiger partial charge in [-0.05, 0) is 25.2 Å². The molecule has 0 amide bonds. The molecule has 0 atom stereocenters. The van der Waals surface area contributed by atoms with Crippen LogP contribution in [0, 0.1) is 17.6 Å². The lowest BCUT2D eigenvalue weighted by Crippen LogP contribution is -2.15. The quantitative estimate of drug-likeness (QED) is 0.396. The van der Waals surface area contributed by atoms with Crippen LogP contribution in [0.25, 0.3) is 11.3 Å². The summed E-state index contributed by atoms with van der Waals surface area (Å²) < 4.78 is 68.7. The summed E-state index contributed by atoms with van der Waals surface area (Å²) >= 11 is 0. The summed E-state index contributed by atoms with van der Waals surface area (Å²) in [5, 5.41) is 18.5. The predicted molar refractivity (Wildman–Crippen MR) is 112 cm³/mol. The number of aliphatic carboxylic acids is 2. The van der Waals surface area contributed by atoms with Gasteiger partial charge in [0.25, 0.3) is 10.0 Å². The molecule has 0 aliphatic carbocycles. The third kappa shape index (κ3) is 6.39. The van der Waals surface area contributed by atoms with E-state index >= 15 is 0 Å². The van der Waals surface area contributed by atoms with Crippen LogP contribution in [0.5, 0.6) is 0 Å². The highest BCUT2D eigenvalue weighted by molar-refractivity contribution is 7.90. The fraction of sp³-hybridized carbons (Fsp3) is 0.200. The van der Waals surface area contributed by atoms with E-state index in [2.05, 4.69) is 15.3 Å². The van der Waals surface area contributed by atoms with Crippen LogP contribution in [0.1, 0.15) is 18.4 Å². The Labute approximate surface area is 191 Å². The summed E-state index contributed by atoms with van der Waals surface area (Å²) in [5.41, 5.74) is -0.857. The fourth-order valence-corrected chi connectivity index (χ4v) is 4.04. The molecule has 3 aromatic heterocycles. The first kappa shape index (κ1) is 26.5. The molecule has 3 aromatic rings. The summed E-state index contributed by atoms with van der Waals surface area (Å²) in [4.78, 5) is 25.7. The van der Waals surface area contributed by atoms with E-state index in [9.17, 15) is 31.2 Å². The average Bonchev–Trinajstić information content (AvgIpc) is 3.10. The molecule has 10 nitrogen and oxygen atoms in total. The predicted octanol–water partition coefficient (Wildman–Crippen LogP) is 2.25. The van der Waals surface area contributed by atoms with Crippen LogP contribution in [0.15, 0.2) is 47.9 Å². The molecule has 0 bridgehead atoms. The van der Waals surface area contributed by atoms with Crippen LogP contribution in [-0.4, -0.2) is 51.6 Å². The molecule has 0 radical (unpaired) electrons. The van der Waals surface area contributed by atoms with E-state index in [-0.39, 0.29) is 30.5 Å². The Morgan fingerprint density at radius 2 is 1.76 bits per heavy atom. The molecule has 0 unspecified atom stereocenters. The first-order valence-electron chi connectivity index (χ1n) is 9.44. The maximum atomic E-state index is 14.9. The monoisotopic (exact) mass is 500 g/mol. The molecule has 34 heavy (non-hydrogen) atoms. The summed E-state index contributed by atoms with van der Waals surface area (Å²) in [6.07, 6.45) is 3.35. The van der Waals surface area contributed by atoms with Crippen LogP contribution in [-0.2, 0) is 26.2 Å². The van der Waals surface area contributed by atoms with Crippen LogP contribution < -0.4 is 5.32 Å². The van der Waals surface area contributed by atoms with Gasteiger partial charge in [0.2, 0.25) is 5.95 Å². The standard InChI is InChI=1S/C16H13F3N4O2S.C4H6O4/c1-20-6-10-9-23(26(24,25)12-5-11(17)7-21-8-12)15(14(10)18)13-3-2-4-22-16(13)19;5-3(6)1-2-4(7)8/h2-5,7-9,20H,6H2,1H3;1-2H2,(H,5,6)(H,7,8). The molecule has 3 heterocycles. The molecular formula is C20H19F3N4O6S. The van der Waals surface area contributed by atoms with Gasteiger partial charge in [0.15, 0.2) is 5.82 Å². The number of carbonyl (C=O) groups is 2.